The van der Waals surface area contributed by atoms with Crippen molar-refractivity contribution in [1.82, 2.24) is 8.98 Å². The zero-order valence-electron chi connectivity index (χ0n) is 18.5. The van der Waals surface area contributed by atoms with Gasteiger partial charge in [0.05, 0.1) is 42.0 Å². The van der Waals surface area contributed by atoms with Crippen LogP contribution in [0.25, 0.3) is 11.3 Å². The van der Waals surface area contributed by atoms with Gasteiger partial charge in [-0.25, -0.2) is 18.1 Å². The number of hydrogen-bond donors (Lipinski definition) is 0. The number of ether oxygens (including phenoxy) is 1. The summed E-state index contributed by atoms with van der Waals surface area (Å²) in [4.78, 5) is 5.61. The van der Waals surface area contributed by atoms with E-state index in [0.29, 0.717) is 42.6 Å². The molecule has 1 fully saturated rings. The lowest BCUT2D eigenvalue weighted by molar-refractivity contribution is 0.0730. The molecule has 3 heterocycles. The SMILES string of the molecule is O=S(=O)(c1ccc(N=c2scc(-c3ccccc3Br)n2N=Cc2ccco2)cc1)N1CCOCC1. The van der Waals surface area contributed by atoms with Crippen molar-refractivity contribution in [3.63, 3.8) is 0 Å². The van der Waals surface area contributed by atoms with E-state index in [-0.39, 0.29) is 4.90 Å². The highest BCUT2D eigenvalue weighted by Gasteiger charge is 2.26. The van der Waals surface area contributed by atoms with Crippen LogP contribution in [0.3, 0.4) is 0 Å². The molecule has 0 atom stereocenters. The van der Waals surface area contributed by atoms with Gasteiger partial charge in [0, 0.05) is 28.5 Å². The Hall–Kier alpha value is -2.83. The third kappa shape index (κ3) is 5.24. The number of aromatic nitrogens is 1. The van der Waals surface area contributed by atoms with E-state index in [4.69, 9.17) is 14.1 Å². The number of nitrogens with zero attached hydrogens (tertiary/aromatic N) is 4. The Morgan fingerprint density at radius 2 is 1.77 bits per heavy atom. The molecule has 2 aromatic carbocycles. The van der Waals surface area contributed by atoms with Crippen molar-refractivity contribution in [2.24, 2.45) is 10.1 Å². The first-order valence-electron chi connectivity index (χ1n) is 10.8. The van der Waals surface area contributed by atoms with Crippen LogP contribution in [-0.4, -0.2) is 49.9 Å². The molecule has 1 aliphatic heterocycles. The molecule has 5 rings (SSSR count). The van der Waals surface area contributed by atoms with E-state index in [2.05, 4.69) is 21.0 Å². The fraction of sp³-hybridized carbons (Fsp3) is 0.167. The molecule has 2 aromatic heterocycles. The number of halogens is 1. The summed E-state index contributed by atoms with van der Waals surface area (Å²) in [5, 5.41) is 6.60. The summed E-state index contributed by atoms with van der Waals surface area (Å²) < 4.78 is 40.6. The Bertz CT molecular complexity index is 1500. The molecule has 1 saturated heterocycles. The molecule has 8 nitrogen and oxygen atoms in total. The summed E-state index contributed by atoms with van der Waals surface area (Å²) in [6.07, 6.45) is 3.22. The number of sulfonamides is 1. The van der Waals surface area contributed by atoms with Crippen LogP contribution in [0.2, 0.25) is 0 Å². The van der Waals surface area contributed by atoms with Gasteiger partial charge in [-0.15, -0.1) is 11.3 Å². The molecule has 0 bridgehead atoms. The predicted molar refractivity (Wildman–Crippen MR) is 138 cm³/mol. The second-order valence-electron chi connectivity index (χ2n) is 7.58. The second-order valence-corrected chi connectivity index (χ2v) is 11.2. The van der Waals surface area contributed by atoms with Crippen LogP contribution >= 0.6 is 27.3 Å². The third-order valence-electron chi connectivity index (χ3n) is 5.35. The van der Waals surface area contributed by atoms with Crippen molar-refractivity contribution < 1.29 is 17.6 Å². The lowest BCUT2D eigenvalue weighted by Crippen LogP contribution is -2.40. The van der Waals surface area contributed by atoms with Gasteiger partial charge in [0.1, 0.15) is 5.76 Å². The van der Waals surface area contributed by atoms with Gasteiger partial charge in [-0.1, -0.05) is 34.1 Å². The minimum absolute atomic E-state index is 0.238. The predicted octanol–water partition coefficient (Wildman–Crippen LogP) is 4.71. The van der Waals surface area contributed by atoms with Gasteiger partial charge in [-0.2, -0.15) is 9.41 Å². The van der Waals surface area contributed by atoms with Crippen molar-refractivity contribution in [2.75, 3.05) is 26.3 Å². The number of hydrogen-bond acceptors (Lipinski definition) is 7. The van der Waals surface area contributed by atoms with Gasteiger partial charge in [0.25, 0.3) is 0 Å². The molecule has 11 heteroatoms. The van der Waals surface area contributed by atoms with Crippen LogP contribution in [0.4, 0.5) is 5.69 Å². The maximum absolute atomic E-state index is 12.9. The smallest absolute Gasteiger partial charge is 0.243 e. The van der Waals surface area contributed by atoms with Gasteiger partial charge in [-0.05, 0) is 42.5 Å². The number of rotatable bonds is 6. The molecule has 0 amide bonds. The Balaban J connectivity index is 1.52. The minimum atomic E-state index is -3.56. The monoisotopic (exact) mass is 572 g/mol. The first-order chi connectivity index (χ1) is 17.0. The van der Waals surface area contributed by atoms with Crippen LogP contribution in [-0.2, 0) is 14.8 Å². The van der Waals surface area contributed by atoms with Gasteiger partial charge < -0.3 is 9.15 Å². The molecule has 0 unspecified atom stereocenters. The Kier molecular flexibility index (Phi) is 7.12. The van der Waals surface area contributed by atoms with E-state index in [1.54, 1.807) is 47.5 Å². The molecular formula is C24H21BrN4O4S2. The molecule has 0 saturated carbocycles. The summed E-state index contributed by atoms with van der Waals surface area (Å²) in [6.45, 7) is 1.52. The molecule has 35 heavy (non-hydrogen) atoms. The van der Waals surface area contributed by atoms with Crippen molar-refractivity contribution >= 4 is 49.2 Å². The third-order valence-corrected chi connectivity index (χ3v) is 8.77. The second kappa shape index (κ2) is 10.4. The molecule has 0 radical (unpaired) electrons. The molecule has 4 aromatic rings. The average Bonchev–Trinajstić information content (AvgIpc) is 3.54. The molecular weight excluding hydrogens is 552 g/mol. The van der Waals surface area contributed by atoms with E-state index in [1.807, 2.05) is 35.7 Å². The van der Waals surface area contributed by atoms with Crippen LogP contribution in [0, 0.1) is 0 Å². The summed E-state index contributed by atoms with van der Waals surface area (Å²) in [5.41, 5.74) is 2.44. The molecule has 1 aliphatic rings. The highest BCUT2D eigenvalue weighted by molar-refractivity contribution is 9.10. The largest absolute Gasteiger partial charge is 0.463 e. The first kappa shape index (κ1) is 23.9. The van der Waals surface area contributed by atoms with E-state index in [1.165, 1.54) is 15.6 Å². The number of morpholine rings is 1. The fourth-order valence-corrected chi connectivity index (χ4v) is 6.30. The lowest BCUT2D eigenvalue weighted by atomic mass is 10.2. The number of benzene rings is 2. The lowest BCUT2D eigenvalue weighted by Gasteiger charge is -2.26. The summed E-state index contributed by atoms with van der Waals surface area (Å²) >= 11 is 5.05. The highest BCUT2D eigenvalue weighted by Crippen LogP contribution is 2.29. The van der Waals surface area contributed by atoms with Gasteiger partial charge >= 0.3 is 0 Å². The van der Waals surface area contributed by atoms with Crippen molar-refractivity contribution in [1.29, 1.82) is 0 Å². The van der Waals surface area contributed by atoms with Crippen molar-refractivity contribution in [3.05, 3.63) is 87.3 Å². The zero-order chi connectivity index (χ0) is 24.3. The van der Waals surface area contributed by atoms with E-state index in [0.717, 1.165) is 15.7 Å². The van der Waals surface area contributed by atoms with Crippen LogP contribution in [0.15, 0.2) is 96.2 Å². The molecule has 180 valence electrons. The van der Waals surface area contributed by atoms with Crippen LogP contribution < -0.4 is 4.80 Å². The van der Waals surface area contributed by atoms with Gasteiger partial charge in [0.15, 0.2) is 0 Å². The van der Waals surface area contributed by atoms with Crippen LogP contribution in [0.1, 0.15) is 5.76 Å². The maximum Gasteiger partial charge on any atom is 0.243 e. The topological polar surface area (TPSA) is 89.4 Å². The summed E-state index contributed by atoms with van der Waals surface area (Å²) in [5.74, 6) is 0.616. The molecule has 0 aliphatic carbocycles. The van der Waals surface area contributed by atoms with E-state index in [9.17, 15) is 8.42 Å². The van der Waals surface area contributed by atoms with Crippen molar-refractivity contribution in [2.45, 2.75) is 4.90 Å². The summed E-state index contributed by atoms with van der Waals surface area (Å²) in [6, 6.07) is 18.1. The fourth-order valence-electron chi connectivity index (χ4n) is 3.56. The number of furan rings is 1. The standard InChI is InChI=1S/C24H21BrN4O4S2/c25-22-6-2-1-5-21(22)23-17-34-24(29(23)26-16-19-4-3-13-33-19)27-18-7-9-20(10-8-18)35(30,31)28-11-14-32-15-12-28/h1-10,13,16-17H,11-12,14-15H2. The Morgan fingerprint density at radius 3 is 2.49 bits per heavy atom. The van der Waals surface area contributed by atoms with Gasteiger partial charge in [-0.3, -0.25) is 0 Å². The average molecular weight is 573 g/mol. The summed E-state index contributed by atoms with van der Waals surface area (Å²) in [7, 11) is -3.56. The molecule has 0 N–H and O–H groups in total. The Labute approximate surface area is 215 Å². The maximum atomic E-state index is 12.9. The van der Waals surface area contributed by atoms with Crippen LogP contribution in [0.5, 0.6) is 0 Å². The van der Waals surface area contributed by atoms with Crippen molar-refractivity contribution in [3.8, 4) is 11.3 Å². The van der Waals surface area contributed by atoms with E-state index < -0.39 is 10.0 Å². The quantitative estimate of drug-likeness (QED) is 0.313. The minimum Gasteiger partial charge on any atom is -0.463 e. The Morgan fingerprint density at radius 1 is 1.00 bits per heavy atom. The highest BCUT2D eigenvalue weighted by atomic mass is 79.9. The van der Waals surface area contributed by atoms with E-state index >= 15 is 0 Å². The molecule has 0 spiro atoms. The first-order valence-corrected chi connectivity index (χ1v) is 13.9. The van der Waals surface area contributed by atoms with Gasteiger partial charge in [0.2, 0.25) is 14.8 Å². The zero-order valence-corrected chi connectivity index (χ0v) is 21.7. The normalized spacial score (nSPS) is 15.7. The number of thiazole rings is 1.